The number of nitrogens with zero attached hydrogens (tertiary/aromatic N) is 1. The van der Waals surface area contributed by atoms with Crippen LogP contribution in [0.1, 0.15) is 49.5 Å². The number of hydrogen-bond donors (Lipinski definition) is 1. The first-order chi connectivity index (χ1) is 12.7. The predicted octanol–water partition coefficient (Wildman–Crippen LogP) is 4.42. The number of amides is 1. The lowest BCUT2D eigenvalue weighted by Crippen LogP contribution is -2.19. The average Bonchev–Trinajstić information content (AvgIpc) is 2.69. The van der Waals surface area contributed by atoms with Crippen LogP contribution in [0.4, 0.5) is 0 Å². The number of hydrogen-bond acceptors (Lipinski definition) is 4. The van der Waals surface area contributed by atoms with E-state index >= 15 is 0 Å². The Hall–Kier alpha value is -2.82. The molecule has 1 N–H and O–H groups in total. The van der Waals surface area contributed by atoms with E-state index < -0.39 is 0 Å². The lowest BCUT2D eigenvalue weighted by atomic mass is 10.1. The molecule has 0 unspecified atom stereocenters. The molecule has 0 heterocycles. The molecule has 0 bridgehead atoms. The second kappa shape index (κ2) is 10.2. The largest absolute Gasteiger partial charge is 0.494 e. The maximum Gasteiger partial charge on any atom is 0.271 e. The van der Waals surface area contributed by atoms with Crippen molar-refractivity contribution in [3.05, 3.63) is 59.7 Å². The number of para-hydroxylation sites is 1. The van der Waals surface area contributed by atoms with E-state index in [1.807, 2.05) is 38.1 Å². The highest BCUT2D eigenvalue weighted by atomic mass is 16.5. The van der Waals surface area contributed by atoms with Gasteiger partial charge in [-0.05, 0) is 56.2 Å². The minimum Gasteiger partial charge on any atom is -0.494 e. The Kier molecular flexibility index (Phi) is 7.68. The van der Waals surface area contributed by atoms with E-state index in [-0.39, 0.29) is 5.91 Å². The van der Waals surface area contributed by atoms with Crippen molar-refractivity contribution in [1.29, 1.82) is 0 Å². The Balaban J connectivity index is 2.03. The summed E-state index contributed by atoms with van der Waals surface area (Å²) < 4.78 is 11.3. The van der Waals surface area contributed by atoms with Crippen LogP contribution in [0.15, 0.2) is 53.6 Å². The standard InChI is InChI=1S/C21H26N2O3/c1-4-14-25-18-12-10-17(11-13-18)21(24)23-22-16(3)19-8-6-7-9-20(19)26-15-5-2/h6-13H,4-5,14-15H2,1-3H3,(H,23,24)/b22-16+. The van der Waals surface area contributed by atoms with Crippen molar-refractivity contribution in [1.82, 2.24) is 5.43 Å². The van der Waals surface area contributed by atoms with Crippen LogP contribution in [0, 0.1) is 0 Å². The van der Waals surface area contributed by atoms with Crippen molar-refractivity contribution in [2.45, 2.75) is 33.6 Å². The lowest BCUT2D eigenvalue weighted by Gasteiger charge is -2.10. The van der Waals surface area contributed by atoms with Gasteiger partial charge < -0.3 is 9.47 Å². The van der Waals surface area contributed by atoms with Crippen LogP contribution in [0.2, 0.25) is 0 Å². The summed E-state index contributed by atoms with van der Waals surface area (Å²) in [6.45, 7) is 7.25. The quantitative estimate of drug-likeness (QED) is 0.536. The fourth-order valence-electron chi connectivity index (χ4n) is 2.29. The van der Waals surface area contributed by atoms with E-state index in [4.69, 9.17) is 9.47 Å². The molecule has 0 spiro atoms. The Labute approximate surface area is 155 Å². The van der Waals surface area contributed by atoms with E-state index in [9.17, 15) is 4.79 Å². The van der Waals surface area contributed by atoms with Gasteiger partial charge in [0.2, 0.25) is 0 Å². The monoisotopic (exact) mass is 354 g/mol. The number of rotatable bonds is 9. The highest BCUT2D eigenvalue weighted by Gasteiger charge is 2.08. The summed E-state index contributed by atoms with van der Waals surface area (Å²) in [7, 11) is 0. The van der Waals surface area contributed by atoms with E-state index in [1.165, 1.54) is 0 Å². The molecule has 0 fully saturated rings. The molecule has 0 saturated heterocycles. The maximum absolute atomic E-state index is 12.3. The summed E-state index contributed by atoms with van der Waals surface area (Å²) in [5, 5.41) is 4.22. The first kappa shape index (κ1) is 19.5. The Morgan fingerprint density at radius 1 is 0.962 bits per heavy atom. The summed E-state index contributed by atoms with van der Waals surface area (Å²) in [5.74, 6) is 1.26. The molecule has 5 heteroatoms. The fourth-order valence-corrected chi connectivity index (χ4v) is 2.29. The second-order valence-electron chi connectivity index (χ2n) is 5.86. The average molecular weight is 354 g/mol. The van der Waals surface area contributed by atoms with E-state index in [0.29, 0.717) is 24.5 Å². The highest BCUT2D eigenvalue weighted by Crippen LogP contribution is 2.19. The zero-order chi connectivity index (χ0) is 18.8. The summed E-state index contributed by atoms with van der Waals surface area (Å²) in [6.07, 6.45) is 1.87. The lowest BCUT2D eigenvalue weighted by molar-refractivity contribution is 0.0955. The van der Waals surface area contributed by atoms with Crippen molar-refractivity contribution in [3.8, 4) is 11.5 Å². The second-order valence-corrected chi connectivity index (χ2v) is 5.86. The van der Waals surface area contributed by atoms with Crippen molar-refractivity contribution >= 4 is 11.6 Å². The van der Waals surface area contributed by atoms with Gasteiger partial charge >= 0.3 is 0 Å². The van der Waals surface area contributed by atoms with Crippen LogP contribution in [-0.2, 0) is 0 Å². The summed E-state index contributed by atoms with van der Waals surface area (Å²) in [6, 6.07) is 14.7. The fraction of sp³-hybridized carbons (Fsp3) is 0.333. The van der Waals surface area contributed by atoms with Gasteiger partial charge in [-0.3, -0.25) is 4.79 Å². The molecule has 138 valence electrons. The highest BCUT2D eigenvalue weighted by molar-refractivity contribution is 6.02. The van der Waals surface area contributed by atoms with Crippen LogP contribution in [0.25, 0.3) is 0 Å². The van der Waals surface area contributed by atoms with Gasteiger partial charge in [-0.15, -0.1) is 0 Å². The van der Waals surface area contributed by atoms with Crippen molar-refractivity contribution < 1.29 is 14.3 Å². The number of nitrogens with one attached hydrogen (secondary N) is 1. The molecule has 0 radical (unpaired) electrons. The predicted molar refractivity (Wildman–Crippen MR) is 104 cm³/mol. The molecule has 2 aromatic carbocycles. The van der Waals surface area contributed by atoms with E-state index in [0.717, 1.165) is 29.9 Å². The molecule has 0 aliphatic rings. The molecule has 2 rings (SSSR count). The number of hydrazone groups is 1. The zero-order valence-corrected chi connectivity index (χ0v) is 15.6. The first-order valence-electron chi connectivity index (χ1n) is 8.95. The Bertz CT molecular complexity index is 739. The van der Waals surface area contributed by atoms with Crippen LogP contribution in [-0.4, -0.2) is 24.8 Å². The van der Waals surface area contributed by atoms with Crippen molar-refractivity contribution in [2.24, 2.45) is 5.10 Å². The van der Waals surface area contributed by atoms with E-state index in [1.54, 1.807) is 24.3 Å². The molecule has 26 heavy (non-hydrogen) atoms. The van der Waals surface area contributed by atoms with Gasteiger partial charge in [0, 0.05) is 11.1 Å². The number of carbonyl (C=O) groups is 1. The Morgan fingerprint density at radius 2 is 1.62 bits per heavy atom. The molecule has 2 aromatic rings. The van der Waals surface area contributed by atoms with Gasteiger partial charge in [-0.2, -0.15) is 5.10 Å². The zero-order valence-electron chi connectivity index (χ0n) is 15.6. The molecule has 5 nitrogen and oxygen atoms in total. The molecular formula is C21H26N2O3. The summed E-state index contributed by atoms with van der Waals surface area (Å²) in [5.41, 5.74) is 4.68. The topological polar surface area (TPSA) is 59.9 Å². The third-order valence-corrected chi connectivity index (χ3v) is 3.65. The normalized spacial score (nSPS) is 11.1. The van der Waals surface area contributed by atoms with Gasteiger partial charge in [0.25, 0.3) is 5.91 Å². The molecular weight excluding hydrogens is 328 g/mol. The summed E-state index contributed by atoms with van der Waals surface area (Å²) >= 11 is 0. The van der Waals surface area contributed by atoms with Crippen molar-refractivity contribution in [3.63, 3.8) is 0 Å². The van der Waals surface area contributed by atoms with Gasteiger partial charge in [0.05, 0.1) is 18.9 Å². The van der Waals surface area contributed by atoms with Crippen LogP contribution < -0.4 is 14.9 Å². The summed E-state index contributed by atoms with van der Waals surface area (Å²) in [4.78, 5) is 12.3. The van der Waals surface area contributed by atoms with Crippen LogP contribution in [0.3, 0.4) is 0 Å². The first-order valence-corrected chi connectivity index (χ1v) is 8.95. The number of carbonyl (C=O) groups excluding carboxylic acids is 1. The van der Waals surface area contributed by atoms with Crippen molar-refractivity contribution in [2.75, 3.05) is 13.2 Å². The molecule has 0 aromatic heterocycles. The SMILES string of the molecule is CCCOc1ccc(C(=O)N/N=C(\C)c2ccccc2OCCC)cc1. The molecule has 0 aliphatic carbocycles. The third kappa shape index (κ3) is 5.62. The van der Waals surface area contributed by atoms with Crippen LogP contribution in [0.5, 0.6) is 11.5 Å². The minimum absolute atomic E-state index is 0.265. The molecule has 1 amide bonds. The number of ether oxygens (including phenoxy) is 2. The molecule has 0 saturated carbocycles. The van der Waals surface area contributed by atoms with Gasteiger partial charge in [-0.25, -0.2) is 5.43 Å². The van der Waals surface area contributed by atoms with Crippen LogP contribution >= 0.6 is 0 Å². The maximum atomic E-state index is 12.3. The Morgan fingerprint density at radius 3 is 2.31 bits per heavy atom. The molecule has 0 atom stereocenters. The van der Waals surface area contributed by atoms with E-state index in [2.05, 4.69) is 17.5 Å². The third-order valence-electron chi connectivity index (χ3n) is 3.65. The molecule has 0 aliphatic heterocycles. The smallest absolute Gasteiger partial charge is 0.271 e. The van der Waals surface area contributed by atoms with Gasteiger partial charge in [0.1, 0.15) is 11.5 Å². The number of benzene rings is 2. The van der Waals surface area contributed by atoms with Gasteiger partial charge in [0.15, 0.2) is 0 Å². The minimum atomic E-state index is -0.265. The van der Waals surface area contributed by atoms with Gasteiger partial charge in [-0.1, -0.05) is 26.0 Å².